The van der Waals surface area contributed by atoms with Crippen molar-refractivity contribution in [1.82, 2.24) is 4.98 Å². The quantitative estimate of drug-likeness (QED) is 0.534. The maximum absolute atomic E-state index is 7.91. The van der Waals surface area contributed by atoms with Crippen molar-refractivity contribution < 1.29 is 5.48 Å². The van der Waals surface area contributed by atoms with E-state index in [2.05, 4.69) is 4.98 Å². The molecule has 1 N–H and O–H groups in total. The molecule has 0 saturated heterocycles. The first-order valence-electron chi connectivity index (χ1n) is 6.08. The highest BCUT2D eigenvalue weighted by atomic mass is 14.7. The normalized spacial score (nSPS) is 15.4. The van der Waals surface area contributed by atoms with Crippen LogP contribution in [0.3, 0.4) is 0 Å². The van der Waals surface area contributed by atoms with Gasteiger partial charge in [-0.15, -0.1) is 0 Å². The van der Waals surface area contributed by atoms with Gasteiger partial charge in [0, 0.05) is 21.8 Å². The Morgan fingerprint density at radius 3 is 2.77 bits per heavy atom. The molecule has 3 rings (SSSR count). The van der Waals surface area contributed by atoms with Crippen LogP contribution in [0.2, 0.25) is 0 Å². The average molecular weight is 171 g/mol. The Hall–Kier alpha value is -1.76. The van der Waals surface area contributed by atoms with Gasteiger partial charge in [0.2, 0.25) is 0 Å². The minimum Gasteiger partial charge on any atom is -0.355 e. The molecule has 0 unspecified atom stereocenters. The summed E-state index contributed by atoms with van der Waals surface area (Å²) >= 11 is 0. The molecule has 13 heavy (non-hydrogen) atoms. The lowest BCUT2D eigenvalue weighted by Crippen LogP contribution is -1.62. The summed E-state index contributed by atoms with van der Waals surface area (Å²) in [5.41, 5.74) is 1.30. The summed E-state index contributed by atoms with van der Waals surface area (Å²) in [5.74, 6) is 0. The minimum absolute atomic E-state index is 0.0125. The lowest BCUT2D eigenvalue weighted by molar-refractivity contribution is 1.55. The van der Waals surface area contributed by atoms with Crippen molar-refractivity contribution in [1.29, 1.82) is 0 Å². The molecule has 1 heterocycles. The number of aromatic amines is 1. The second-order valence-electron chi connectivity index (χ2n) is 2.92. The van der Waals surface area contributed by atoms with E-state index in [0.29, 0.717) is 10.9 Å². The fraction of sp³-hybridized carbons (Fsp3) is 0. The van der Waals surface area contributed by atoms with Crippen LogP contribution in [0.4, 0.5) is 0 Å². The molecule has 0 aliphatic heterocycles. The van der Waals surface area contributed by atoms with Crippen LogP contribution in [0.5, 0.6) is 0 Å². The highest BCUT2D eigenvalue weighted by Crippen LogP contribution is 2.24. The van der Waals surface area contributed by atoms with Gasteiger partial charge >= 0.3 is 0 Å². The molecule has 3 aromatic rings. The molecule has 1 heteroatoms. The SMILES string of the molecule is [2H]c1c([2H])c([2H])c2c([nH]c3ccccc32)c1[2H]. The molecule has 0 radical (unpaired) electrons. The molecule has 1 aromatic heterocycles. The smallest absolute Gasteiger partial charge is 0.0645 e. The molecule has 0 atom stereocenters. The predicted octanol–water partition coefficient (Wildman–Crippen LogP) is 3.32. The second kappa shape index (κ2) is 2.36. The van der Waals surface area contributed by atoms with Crippen LogP contribution >= 0.6 is 0 Å². The summed E-state index contributed by atoms with van der Waals surface area (Å²) < 4.78 is 31.0. The van der Waals surface area contributed by atoms with E-state index in [1.54, 1.807) is 0 Å². The van der Waals surface area contributed by atoms with E-state index < -0.39 is 0 Å². The maximum atomic E-state index is 7.91. The molecule has 0 bridgehead atoms. The van der Waals surface area contributed by atoms with Crippen LogP contribution in [0, 0.1) is 0 Å². The van der Waals surface area contributed by atoms with Gasteiger partial charge in [-0.05, 0) is 12.1 Å². The zero-order valence-electron chi connectivity index (χ0n) is 10.8. The molecule has 0 aliphatic carbocycles. The largest absolute Gasteiger partial charge is 0.355 e. The van der Waals surface area contributed by atoms with E-state index in [9.17, 15) is 0 Å². The molecule has 0 saturated carbocycles. The lowest BCUT2D eigenvalue weighted by Gasteiger charge is -1.87. The number of para-hydroxylation sites is 2. The van der Waals surface area contributed by atoms with E-state index in [4.69, 9.17) is 5.48 Å². The van der Waals surface area contributed by atoms with Crippen LogP contribution in [0.25, 0.3) is 21.8 Å². The van der Waals surface area contributed by atoms with Gasteiger partial charge in [-0.1, -0.05) is 36.3 Å². The third-order valence-corrected chi connectivity index (χ3v) is 2.14. The van der Waals surface area contributed by atoms with Gasteiger partial charge in [0.05, 0.1) is 5.48 Å². The Morgan fingerprint density at radius 1 is 0.923 bits per heavy atom. The lowest BCUT2D eigenvalue weighted by atomic mass is 10.2. The Morgan fingerprint density at radius 2 is 1.77 bits per heavy atom. The van der Waals surface area contributed by atoms with E-state index in [1.807, 2.05) is 24.3 Å². The summed E-state index contributed by atoms with van der Waals surface area (Å²) in [7, 11) is 0. The van der Waals surface area contributed by atoms with Gasteiger partial charge in [-0.25, -0.2) is 0 Å². The molecular formula is C12H9N. The van der Waals surface area contributed by atoms with E-state index >= 15 is 0 Å². The highest BCUT2D eigenvalue weighted by molar-refractivity contribution is 6.06. The van der Waals surface area contributed by atoms with Crippen molar-refractivity contribution in [2.75, 3.05) is 0 Å². The topological polar surface area (TPSA) is 15.8 Å². The Labute approximate surface area is 81.6 Å². The molecule has 1 nitrogen and oxygen atoms in total. The number of H-pyrrole nitrogens is 1. The number of hydrogen-bond acceptors (Lipinski definition) is 0. The van der Waals surface area contributed by atoms with Gasteiger partial charge in [0.15, 0.2) is 0 Å². The number of aromatic nitrogens is 1. The molecular weight excluding hydrogens is 158 g/mol. The van der Waals surface area contributed by atoms with E-state index in [0.717, 1.165) is 10.9 Å². The van der Waals surface area contributed by atoms with Gasteiger partial charge < -0.3 is 4.98 Å². The molecule has 0 fully saturated rings. The summed E-state index contributed by atoms with van der Waals surface area (Å²) in [4.78, 5) is 3.04. The van der Waals surface area contributed by atoms with Crippen molar-refractivity contribution in [3.63, 3.8) is 0 Å². The number of hydrogen-bond donors (Lipinski definition) is 1. The first kappa shape index (κ1) is 3.97. The number of rotatable bonds is 0. The van der Waals surface area contributed by atoms with Crippen LogP contribution in [-0.4, -0.2) is 4.98 Å². The fourth-order valence-electron chi connectivity index (χ4n) is 1.55. The fourth-order valence-corrected chi connectivity index (χ4v) is 1.55. The molecule has 0 aliphatic rings. The summed E-state index contributed by atoms with van der Waals surface area (Å²) in [6.45, 7) is 0. The number of fused-ring (bicyclic) bond motifs is 3. The number of nitrogens with one attached hydrogen (secondary N) is 1. The predicted molar refractivity (Wildman–Crippen MR) is 55.8 cm³/mol. The van der Waals surface area contributed by atoms with Gasteiger partial charge in [-0.3, -0.25) is 0 Å². The Bertz CT molecular complexity index is 745. The Kier molecular flexibility index (Phi) is 0.720. The van der Waals surface area contributed by atoms with E-state index in [1.165, 1.54) is 0 Å². The van der Waals surface area contributed by atoms with E-state index in [-0.39, 0.29) is 24.2 Å². The van der Waals surface area contributed by atoms with Gasteiger partial charge in [0.25, 0.3) is 0 Å². The van der Waals surface area contributed by atoms with Crippen molar-refractivity contribution in [2.45, 2.75) is 0 Å². The minimum atomic E-state index is -0.200. The van der Waals surface area contributed by atoms with Gasteiger partial charge in [0.1, 0.15) is 0 Å². The monoisotopic (exact) mass is 171 g/mol. The Balaban J connectivity index is 2.67. The van der Waals surface area contributed by atoms with Gasteiger partial charge in [-0.2, -0.15) is 0 Å². The molecule has 2 aromatic carbocycles. The first-order chi connectivity index (χ1) is 8.11. The maximum Gasteiger partial charge on any atom is 0.0645 e. The second-order valence-corrected chi connectivity index (χ2v) is 2.92. The standard InChI is InChI=1S/C12H9N/c1-3-7-11-9(5-1)10-6-2-4-8-12(10)13-11/h1-8,13H/i1D,3D,5D,7D. The van der Waals surface area contributed by atoms with Crippen molar-refractivity contribution >= 4 is 21.8 Å². The summed E-state index contributed by atoms with van der Waals surface area (Å²) in [5, 5.41) is 1.39. The third kappa shape index (κ3) is 0.872. The summed E-state index contributed by atoms with van der Waals surface area (Å²) in [6, 6.07) is 7.05. The van der Waals surface area contributed by atoms with Crippen LogP contribution in [0.15, 0.2) is 48.4 Å². The molecule has 0 amide bonds. The molecule has 0 spiro atoms. The van der Waals surface area contributed by atoms with Crippen LogP contribution in [0.1, 0.15) is 5.48 Å². The van der Waals surface area contributed by atoms with Crippen molar-refractivity contribution in [2.24, 2.45) is 0 Å². The highest BCUT2D eigenvalue weighted by Gasteiger charge is 2.00. The zero-order valence-corrected chi connectivity index (χ0v) is 6.81. The van der Waals surface area contributed by atoms with Crippen molar-refractivity contribution in [3.05, 3.63) is 48.4 Å². The van der Waals surface area contributed by atoms with Crippen LogP contribution in [-0.2, 0) is 0 Å². The third-order valence-electron chi connectivity index (χ3n) is 2.14. The molecule has 62 valence electrons. The van der Waals surface area contributed by atoms with Crippen molar-refractivity contribution in [3.8, 4) is 0 Å². The first-order valence-corrected chi connectivity index (χ1v) is 4.08. The number of benzene rings is 2. The zero-order chi connectivity index (χ0) is 12.2. The average Bonchev–Trinajstić information content (AvgIpc) is 2.73. The summed E-state index contributed by atoms with van der Waals surface area (Å²) in [6.07, 6.45) is 0. The van der Waals surface area contributed by atoms with Crippen LogP contribution < -0.4 is 0 Å².